The monoisotopic (exact) mass is 337 g/mol. The number of aliphatic hydroxyl groups excluding tert-OH is 4. The van der Waals surface area contributed by atoms with Gasteiger partial charge in [0.05, 0.1) is 25.9 Å². The average Bonchev–Trinajstić information content (AvgIpc) is 2.53. The quantitative estimate of drug-likeness (QED) is 0.316. The van der Waals surface area contributed by atoms with Crippen LogP contribution in [-0.4, -0.2) is 89.4 Å². The molecule has 1 amide bonds. The molecule has 1 saturated heterocycles. The lowest BCUT2D eigenvalue weighted by atomic mass is 9.88. The molecule has 134 valence electrons. The molecule has 0 unspecified atom stereocenters. The van der Waals surface area contributed by atoms with Crippen molar-refractivity contribution < 1.29 is 44.2 Å². The zero-order chi connectivity index (χ0) is 17.8. The van der Waals surface area contributed by atoms with E-state index in [0.29, 0.717) is 0 Å². The number of ether oxygens (including phenoxy) is 3. The minimum absolute atomic E-state index is 0.362. The third-order valence-electron chi connectivity index (χ3n) is 3.69. The minimum atomic E-state index is -2.01. The van der Waals surface area contributed by atoms with Crippen LogP contribution in [-0.2, 0) is 23.8 Å². The maximum absolute atomic E-state index is 11.9. The molecule has 0 spiro atoms. The Morgan fingerprint density at radius 1 is 1.39 bits per heavy atom. The molecular formula is C13H23NO9. The van der Waals surface area contributed by atoms with Crippen molar-refractivity contribution in [2.24, 2.45) is 0 Å². The molecule has 1 aliphatic rings. The van der Waals surface area contributed by atoms with E-state index >= 15 is 0 Å². The summed E-state index contributed by atoms with van der Waals surface area (Å²) in [5.41, 5.74) is 0. The van der Waals surface area contributed by atoms with Crippen molar-refractivity contribution in [3.63, 3.8) is 0 Å². The number of aliphatic hydroxyl groups is 4. The first kappa shape index (κ1) is 19.7. The predicted octanol–water partition coefficient (Wildman–Crippen LogP) is -3.13. The standard InChI is InChI=1S/C13H23NO9/c1-6(16)14-9-7(17)4-13(22-3,12(20)21-2)23-11(9)10(19)8(18)5-15/h7-11,15,17-19H,4-5H2,1-3H3,(H,14,16)/t7-,8+,9+,10+,11+,13+/m0/s1. The topological polar surface area (TPSA) is 155 Å². The van der Waals surface area contributed by atoms with Crippen LogP contribution in [0.4, 0.5) is 0 Å². The predicted molar refractivity (Wildman–Crippen MR) is 74.0 cm³/mol. The first-order valence-electron chi connectivity index (χ1n) is 6.96. The Bertz CT molecular complexity index is 432. The van der Waals surface area contributed by atoms with Crippen molar-refractivity contribution in [1.29, 1.82) is 0 Å². The maximum atomic E-state index is 11.9. The molecule has 0 aromatic carbocycles. The van der Waals surface area contributed by atoms with Crippen LogP contribution >= 0.6 is 0 Å². The fourth-order valence-electron chi connectivity index (χ4n) is 2.49. The van der Waals surface area contributed by atoms with Gasteiger partial charge in [-0.3, -0.25) is 4.79 Å². The second-order valence-electron chi connectivity index (χ2n) is 5.27. The lowest BCUT2D eigenvalue weighted by Crippen LogP contribution is -2.67. The van der Waals surface area contributed by atoms with Gasteiger partial charge in [-0.1, -0.05) is 0 Å². The van der Waals surface area contributed by atoms with E-state index in [0.717, 1.165) is 14.2 Å². The summed E-state index contributed by atoms with van der Waals surface area (Å²) in [4.78, 5) is 23.2. The Hall–Kier alpha value is -1.30. The van der Waals surface area contributed by atoms with E-state index in [1.54, 1.807) is 0 Å². The molecule has 1 aliphatic heterocycles. The highest BCUT2D eigenvalue weighted by molar-refractivity contribution is 5.78. The van der Waals surface area contributed by atoms with Crippen LogP contribution in [0.3, 0.4) is 0 Å². The first-order valence-corrected chi connectivity index (χ1v) is 6.96. The molecule has 1 rings (SSSR count). The number of esters is 1. The summed E-state index contributed by atoms with van der Waals surface area (Å²) in [6.45, 7) is 0.402. The molecule has 6 atom stereocenters. The molecule has 1 heterocycles. The Morgan fingerprint density at radius 2 is 2.00 bits per heavy atom. The number of hydrogen-bond donors (Lipinski definition) is 5. The van der Waals surface area contributed by atoms with Crippen LogP contribution in [0.5, 0.6) is 0 Å². The van der Waals surface area contributed by atoms with Crippen LogP contribution in [0.15, 0.2) is 0 Å². The summed E-state index contributed by atoms with van der Waals surface area (Å²) in [5, 5.41) is 41.4. The molecule has 1 fully saturated rings. The molecule has 10 nitrogen and oxygen atoms in total. The van der Waals surface area contributed by atoms with Gasteiger partial charge in [-0.2, -0.15) is 0 Å². The lowest BCUT2D eigenvalue weighted by Gasteiger charge is -2.46. The van der Waals surface area contributed by atoms with E-state index in [1.807, 2.05) is 0 Å². The summed E-state index contributed by atoms with van der Waals surface area (Å²) in [6.07, 6.45) is -6.44. The SMILES string of the molecule is COC(=O)[C@@]1(OC)C[C@H](O)[C@@H](NC(C)=O)[C@H]([C@H](O)[C@H](O)CO)O1. The molecule has 0 aromatic rings. The Kier molecular flexibility index (Phi) is 6.86. The second-order valence-corrected chi connectivity index (χ2v) is 5.27. The third-order valence-corrected chi connectivity index (χ3v) is 3.69. The number of carbonyl (C=O) groups excluding carboxylic acids is 2. The normalized spacial score (nSPS) is 33.6. The number of methoxy groups -OCH3 is 2. The van der Waals surface area contributed by atoms with Crippen molar-refractivity contribution in [3.8, 4) is 0 Å². The average molecular weight is 337 g/mol. The van der Waals surface area contributed by atoms with Gasteiger partial charge in [0.2, 0.25) is 5.91 Å². The smallest absolute Gasteiger partial charge is 0.366 e. The zero-order valence-electron chi connectivity index (χ0n) is 13.1. The van der Waals surface area contributed by atoms with Gasteiger partial charge in [-0.05, 0) is 0 Å². The molecule has 23 heavy (non-hydrogen) atoms. The van der Waals surface area contributed by atoms with Crippen molar-refractivity contribution in [3.05, 3.63) is 0 Å². The lowest BCUT2D eigenvalue weighted by molar-refractivity contribution is -0.305. The molecule has 0 radical (unpaired) electrons. The van der Waals surface area contributed by atoms with Crippen LogP contribution in [0.2, 0.25) is 0 Å². The fourth-order valence-corrected chi connectivity index (χ4v) is 2.49. The molecular weight excluding hydrogens is 314 g/mol. The zero-order valence-corrected chi connectivity index (χ0v) is 13.1. The van der Waals surface area contributed by atoms with Crippen molar-refractivity contribution in [2.75, 3.05) is 20.8 Å². The third kappa shape index (κ3) is 4.16. The van der Waals surface area contributed by atoms with E-state index < -0.39 is 54.7 Å². The van der Waals surface area contributed by atoms with Gasteiger partial charge in [-0.25, -0.2) is 4.79 Å². The molecule has 0 aromatic heterocycles. The Labute approximate surface area is 133 Å². The summed E-state index contributed by atoms with van der Waals surface area (Å²) in [7, 11) is 2.24. The second kappa shape index (κ2) is 7.99. The summed E-state index contributed by atoms with van der Waals surface area (Å²) >= 11 is 0. The number of rotatable bonds is 6. The Morgan fingerprint density at radius 3 is 2.43 bits per heavy atom. The molecule has 0 aliphatic carbocycles. The van der Waals surface area contributed by atoms with Crippen LogP contribution in [0.1, 0.15) is 13.3 Å². The van der Waals surface area contributed by atoms with Gasteiger partial charge < -0.3 is 40.0 Å². The summed E-state index contributed by atoms with van der Waals surface area (Å²) in [5.74, 6) is -3.48. The van der Waals surface area contributed by atoms with E-state index in [-0.39, 0.29) is 6.42 Å². The summed E-state index contributed by atoms with van der Waals surface area (Å²) in [6, 6.07) is -1.13. The summed E-state index contributed by atoms with van der Waals surface area (Å²) < 4.78 is 15.1. The van der Waals surface area contributed by atoms with E-state index in [2.05, 4.69) is 10.1 Å². The molecule has 0 bridgehead atoms. The fraction of sp³-hybridized carbons (Fsp3) is 0.846. The van der Waals surface area contributed by atoms with Crippen molar-refractivity contribution in [1.82, 2.24) is 5.32 Å². The number of hydrogen-bond acceptors (Lipinski definition) is 9. The Balaban J connectivity index is 3.17. The molecule has 10 heteroatoms. The maximum Gasteiger partial charge on any atom is 0.366 e. The van der Waals surface area contributed by atoms with E-state index in [9.17, 15) is 24.9 Å². The highest BCUT2D eigenvalue weighted by atomic mass is 16.7. The van der Waals surface area contributed by atoms with Gasteiger partial charge >= 0.3 is 5.97 Å². The van der Waals surface area contributed by atoms with Gasteiger partial charge in [-0.15, -0.1) is 0 Å². The van der Waals surface area contributed by atoms with E-state index in [1.165, 1.54) is 6.92 Å². The number of nitrogens with one attached hydrogen (secondary N) is 1. The molecule has 0 saturated carbocycles. The van der Waals surface area contributed by atoms with Gasteiger partial charge in [0, 0.05) is 20.5 Å². The van der Waals surface area contributed by atoms with Gasteiger partial charge in [0.25, 0.3) is 5.79 Å². The minimum Gasteiger partial charge on any atom is -0.465 e. The van der Waals surface area contributed by atoms with Crippen LogP contribution < -0.4 is 5.32 Å². The van der Waals surface area contributed by atoms with Gasteiger partial charge in [0.15, 0.2) is 0 Å². The van der Waals surface area contributed by atoms with Crippen LogP contribution in [0.25, 0.3) is 0 Å². The number of carbonyl (C=O) groups is 2. The van der Waals surface area contributed by atoms with Crippen molar-refractivity contribution in [2.45, 2.75) is 49.6 Å². The highest BCUT2D eigenvalue weighted by Gasteiger charge is 2.55. The number of amides is 1. The van der Waals surface area contributed by atoms with Crippen LogP contribution in [0, 0.1) is 0 Å². The largest absolute Gasteiger partial charge is 0.465 e. The van der Waals surface area contributed by atoms with E-state index in [4.69, 9.17) is 14.6 Å². The van der Waals surface area contributed by atoms with Gasteiger partial charge in [0.1, 0.15) is 18.3 Å². The first-order chi connectivity index (χ1) is 10.7. The van der Waals surface area contributed by atoms with Crippen molar-refractivity contribution >= 4 is 11.9 Å². The highest BCUT2D eigenvalue weighted by Crippen LogP contribution is 2.33. The molecule has 5 N–H and O–H groups in total.